The van der Waals surface area contributed by atoms with Gasteiger partial charge in [-0.3, -0.25) is 9.59 Å². The molecule has 0 saturated heterocycles. The summed E-state index contributed by atoms with van der Waals surface area (Å²) >= 11 is 0.625. The average molecular weight is 492 g/mol. The van der Waals surface area contributed by atoms with Crippen LogP contribution in [-0.4, -0.2) is 41.9 Å². The third-order valence-electron chi connectivity index (χ3n) is 4.60. The number of nitrogens with one attached hydrogen (secondary N) is 1. The Morgan fingerprint density at radius 1 is 0.909 bits per heavy atom. The number of carbonyl (C=O) groups is 3. The molecule has 180 valence electrons. The number of thiophene rings is 1. The fourth-order valence-electron chi connectivity index (χ4n) is 2.95. The summed E-state index contributed by atoms with van der Waals surface area (Å²) in [5.41, 5.74) is -1.85. The van der Waals surface area contributed by atoms with Crippen LogP contribution in [0.2, 0.25) is 0 Å². The van der Waals surface area contributed by atoms with Crippen molar-refractivity contribution < 1.29 is 41.1 Å². The van der Waals surface area contributed by atoms with Gasteiger partial charge < -0.3 is 15.0 Å². The molecule has 0 radical (unpaired) electrons. The first-order valence-electron chi connectivity index (χ1n) is 9.83. The number of hydrogen-bond acceptors (Lipinski definition) is 5. The summed E-state index contributed by atoms with van der Waals surface area (Å²) in [6.07, 6.45) is -0.586. The van der Waals surface area contributed by atoms with E-state index in [1.165, 1.54) is 11.8 Å². The third kappa shape index (κ3) is 5.00. The van der Waals surface area contributed by atoms with Gasteiger partial charge in [0.25, 0.3) is 11.8 Å². The zero-order valence-corrected chi connectivity index (χ0v) is 19.2. The molecule has 2 rings (SSSR count). The minimum absolute atomic E-state index is 0.0436. The first kappa shape index (κ1) is 26.2. The lowest BCUT2D eigenvalue weighted by Gasteiger charge is -2.18. The Balaban J connectivity index is 2.62. The van der Waals surface area contributed by atoms with Gasteiger partial charge in [-0.25, -0.2) is 26.7 Å². The van der Waals surface area contributed by atoms with E-state index >= 15 is 0 Å². The maximum Gasteiger partial charge on any atom is 0.341 e. The number of carbonyl (C=O) groups excluding carboxylic acids is 3. The fraction of sp³-hybridized carbons (Fsp3) is 0.381. The second-order valence-electron chi connectivity index (χ2n) is 7.09. The highest BCUT2D eigenvalue weighted by Crippen LogP contribution is 2.36. The van der Waals surface area contributed by atoms with Crippen LogP contribution in [0.1, 0.15) is 63.6 Å². The number of ether oxygens (including phenoxy) is 1. The molecule has 12 heteroatoms. The van der Waals surface area contributed by atoms with E-state index in [9.17, 15) is 36.3 Å². The van der Waals surface area contributed by atoms with Crippen molar-refractivity contribution in [3.05, 3.63) is 50.7 Å². The second-order valence-corrected chi connectivity index (χ2v) is 8.11. The Labute approximate surface area is 190 Å². The number of esters is 1. The first-order chi connectivity index (χ1) is 15.4. The zero-order valence-electron chi connectivity index (χ0n) is 18.4. The Morgan fingerprint density at radius 2 is 1.39 bits per heavy atom. The Bertz CT molecular complexity index is 1080. The van der Waals surface area contributed by atoms with E-state index in [2.05, 4.69) is 0 Å². The topological polar surface area (TPSA) is 75.7 Å². The van der Waals surface area contributed by atoms with Crippen molar-refractivity contribution in [1.82, 2.24) is 4.90 Å². The molecular weight excluding hydrogens is 471 g/mol. The van der Waals surface area contributed by atoms with E-state index in [0.29, 0.717) is 24.4 Å². The number of hydrogen-bond donors (Lipinski definition) is 1. The minimum Gasteiger partial charge on any atom is -0.459 e. The van der Waals surface area contributed by atoms with Crippen LogP contribution in [0.4, 0.5) is 27.0 Å². The van der Waals surface area contributed by atoms with Crippen LogP contribution >= 0.6 is 11.3 Å². The highest BCUT2D eigenvalue weighted by atomic mass is 32.1. The summed E-state index contributed by atoms with van der Waals surface area (Å²) in [5, 5.41) is 1.67. The SMILES string of the molecule is CCN(CC)C(=O)c1sc(NC(=O)c2c(F)c(F)c(F)c(F)c2F)c(C(=O)OC(C)C)c1C. The third-order valence-corrected chi connectivity index (χ3v) is 5.80. The summed E-state index contributed by atoms with van der Waals surface area (Å²) < 4.78 is 73.6. The average Bonchev–Trinajstić information content (AvgIpc) is 3.06. The normalized spacial score (nSPS) is 11.0. The van der Waals surface area contributed by atoms with Crippen LogP contribution in [0.25, 0.3) is 0 Å². The van der Waals surface area contributed by atoms with Gasteiger partial charge in [0.15, 0.2) is 23.3 Å². The Hall–Kier alpha value is -3.02. The predicted octanol–water partition coefficient (Wildman–Crippen LogP) is 5.05. The van der Waals surface area contributed by atoms with Crippen molar-refractivity contribution in [1.29, 1.82) is 0 Å². The lowest BCUT2D eigenvalue weighted by Crippen LogP contribution is -2.30. The highest BCUT2D eigenvalue weighted by molar-refractivity contribution is 7.18. The molecule has 6 nitrogen and oxygen atoms in total. The molecule has 0 bridgehead atoms. The summed E-state index contributed by atoms with van der Waals surface area (Å²) in [7, 11) is 0. The van der Waals surface area contributed by atoms with E-state index in [1.807, 2.05) is 5.32 Å². The Morgan fingerprint density at radius 3 is 1.85 bits per heavy atom. The molecule has 0 aliphatic heterocycles. The maximum absolute atomic E-state index is 14.1. The molecule has 2 amide bonds. The molecule has 1 aromatic heterocycles. The zero-order chi connectivity index (χ0) is 25.2. The van der Waals surface area contributed by atoms with E-state index in [1.54, 1.807) is 27.7 Å². The van der Waals surface area contributed by atoms with Crippen molar-refractivity contribution in [2.75, 3.05) is 18.4 Å². The number of rotatable bonds is 7. The number of nitrogens with zero attached hydrogens (tertiary/aromatic N) is 1. The van der Waals surface area contributed by atoms with Gasteiger partial charge in [0.05, 0.1) is 16.5 Å². The second kappa shape index (κ2) is 10.3. The minimum atomic E-state index is -2.41. The number of benzene rings is 1. The van der Waals surface area contributed by atoms with Gasteiger partial charge in [-0.05, 0) is 40.2 Å². The van der Waals surface area contributed by atoms with E-state index in [-0.39, 0.29) is 21.0 Å². The molecule has 1 heterocycles. The number of amides is 2. The monoisotopic (exact) mass is 492 g/mol. The lowest BCUT2D eigenvalue weighted by molar-refractivity contribution is 0.0379. The molecule has 0 fully saturated rings. The predicted molar refractivity (Wildman–Crippen MR) is 111 cm³/mol. The maximum atomic E-state index is 14.1. The first-order valence-corrected chi connectivity index (χ1v) is 10.6. The summed E-state index contributed by atoms with van der Waals surface area (Å²) in [4.78, 5) is 39.5. The van der Waals surface area contributed by atoms with Gasteiger partial charge >= 0.3 is 5.97 Å². The lowest BCUT2D eigenvalue weighted by atomic mass is 10.1. The molecule has 0 aliphatic rings. The van der Waals surface area contributed by atoms with Crippen molar-refractivity contribution >= 4 is 34.1 Å². The molecule has 0 aliphatic carbocycles. The molecule has 0 saturated carbocycles. The van der Waals surface area contributed by atoms with Crippen molar-refractivity contribution in [3.63, 3.8) is 0 Å². The van der Waals surface area contributed by atoms with Crippen LogP contribution in [0.3, 0.4) is 0 Å². The summed E-state index contributed by atoms with van der Waals surface area (Å²) in [6.45, 7) is 8.64. The molecule has 0 spiro atoms. The van der Waals surface area contributed by atoms with Crippen molar-refractivity contribution in [2.24, 2.45) is 0 Å². The highest BCUT2D eigenvalue weighted by Gasteiger charge is 2.33. The van der Waals surface area contributed by atoms with Crippen LogP contribution in [0, 0.1) is 36.0 Å². The van der Waals surface area contributed by atoms with Crippen molar-refractivity contribution in [3.8, 4) is 0 Å². The van der Waals surface area contributed by atoms with E-state index < -0.39 is 58.5 Å². The largest absolute Gasteiger partial charge is 0.459 e. The molecule has 33 heavy (non-hydrogen) atoms. The van der Waals surface area contributed by atoms with Crippen LogP contribution in [-0.2, 0) is 4.74 Å². The van der Waals surface area contributed by atoms with E-state index in [4.69, 9.17) is 4.74 Å². The number of halogens is 5. The van der Waals surface area contributed by atoms with Gasteiger partial charge in [0, 0.05) is 13.1 Å². The van der Waals surface area contributed by atoms with E-state index in [0.717, 1.165) is 0 Å². The standard InChI is InChI=1S/C21H21F5N2O4S/c1-6-28(7-2)20(30)17-9(5)10(21(31)32-8(3)4)19(33-17)27-18(29)11-12(22)14(24)16(26)15(25)13(11)23/h8H,6-7H2,1-5H3,(H,27,29). The van der Waals surface area contributed by atoms with Gasteiger partial charge in [-0.15, -0.1) is 11.3 Å². The molecule has 1 aromatic carbocycles. The quantitative estimate of drug-likeness (QED) is 0.254. The molecule has 0 unspecified atom stereocenters. The molecule has 2 aromatic rings. The van der Waals surface area contributed by atoms with Gasteiger partial charge in [0.1, 0.15) is 10.6 Å². The van der Waals surface area contributed by atoms with Gasteiger partial charge in [-0.1, -0.05) is 0 Å². The fourth-order valence-corrected chi connectivity index (χ4v) is 4.11. The molecule has 1 N–H and O–H groups in total. The van der Waals surface area contributed by atoms with Gasteiger partial charge in [-0.2, -0.15) is 0 Å². The molecular formula is C21H21F5N2O4S. The van der Waals surface area contributed by atoms with Crippen LogP contribution < -0.4 is 5.32 Å². The smallest absolute Gasteiger partial charge is 0.341 e. The number of anilines is 1. The van der Waals surface area contributed by atoms with Crippen LogP contribution in [0.15, 0.2) is 0 Å². The van der Waals surface area contributed by atoms with Crippen molar-refractivity contribution in [2.45, 2.75) is 40.7 Å². The summed E-state index contributed by atoms with van der Waals surface area (Å²) in [5.74, 6) is -14.8. The van der Waals surface area contributed by atoms with Crippen LogP contribution in [0.5, 0.6) is 0 Å². The Kier molecular flexibility index (Phi) is 8.17. The van der Waals surface area contributed by atoms with Gasteiger partial charge in [0.2, 0.25) is 5.82 Å². The summed E-state index contributed by atoms with van der Waals surface area (Å²) in [6, 6.07) is 0. The molecule has 0 atom stereocenters.